The zero-order valence-corrected chi connectivity index (χ0v) is 11.4. The predicted octanol–water partition coefficient (Wildman–Crippen LogP) is 3.28. The van der Waals surface area contributed by atoms with Crippen LogP contribution in [0.1, 0.15) is 42.7 Å². The number of rotatable bonds is 5. The molecule has 2 nitrogen and oxygen atoms in total. The van der Waals surface area contributed by atoms with Crippen LogP contribution in [0, 0.1) is 0 Å². The molecule has 1 aliphatic rings. The van der Waals surface area contributed by atoms with Crippen molar-refractivity contribution in [2.24, 2.45) is 5.73 Å². The Morgan fingerprint density at radius 2 is 1.95 bits per heavy atom. The van der Waals surface area contributed by atoms with Crippen LogP contribution in [-0.2, 0) is 6.18 Å². The van der Waals surface area contributed by atoms with E-state index >= 15 is 0 Å². The number of halogens is 3. The summed E-state index contributed by atoms with van der Waals surface area (Å²) in [6, 6.07) is 5.99. The van der Waals surface area contributed by atoms with Crippen molar-refractivity contribution >= 4 is 0 Å². The summed E-state index contributed by atoms with van der Waals surface area (Å²) in [6.07, 6.45) is 0.469. The molecule has 0 saturated heterocycles. The van der Waals surface area contributed by atoms with Crippen molar-refractivity contribution in [2.45, 2.75) is 43.8 Å². The number of hydrogen-bond acceptors (Lipinski definition) is 2. The van der Waals surface area contributed by atoms with Gasteiger partial charge in [0.25, 0.3) is 0 Å². The third-order valence-electron chi connectivity index (χ3n) is 3.98. The minimum Gasteiger partial charge on any atom is -0.330 e. The maximum atomic E-state index is 12.7. The molecular weight excluding hydrogens is 265 g/mol. The molecule has 0 bridgehead atoms. The smallest absolute Gasteiger partial charge is 0.330 e. The van der Waals surface area contributed by atoms with Crippen molar-refractivity contribution in [1.82, 2.24) is 5.32 Å². The Balaban J connectivity index is 2.02. The third kappa shape index (κ3) is 3.96. The van der Waals surface area contributed by atoms with E-state index in [0.717, 1.165) is 18.9 Å². The molecule has 0 aromatic heterocycles. The lowest BCUT2D eigenvalue weighted by Crippen LogP contribution is -2.33. The molecule has 5 heteroatoms. The average Bonchev–Trinajstić information content (AvgIpc) is 2.92. The van der Waals surface area contributed by atoms with Crippen molar-refractivity contribution in [2.75, 3.05) is 13.1 Å². The SMILES string of the molecule is NCC(CNC1CCCC1)c1cccc(C(F)(F)F)c1. The second-order valence-electron chi connectivity index (χ2n) is 5.45. The lowest BCUT2D eigenvalue weighted by atomic mass is 9.96. The molecule has 3 N–H and O–H groups in total. The van der Waals surface area contributed by atoms with Gasteiger partial charge in [-0.25, -0.2) is 0 Å². The highest BCUT2D eigenvalue weighted by Gasteiger charge is 2.31. The van der Waals surface area contributed by atoms with Crippen molar-refractivity contribution < 1.29 is 13.2 Å². The summed E-state index contributed by atoms with van der Waals surface area (Å²) in [5.74, 6) is -0.0714. The molecule has 0 aliphatic heterocycles. The van der Waals surface area contributed by atoms with Gasteiger partial charge in [0.2, 0.25) is 0 Å². The van der Waals surface area contributed by atoms with E-state index in [2.05, 4.69) is 5.32 Å². The fraction of sp³-hybridized carbons (Fsp3) is 0.600. The van der Waals surface area contributed by atoms with E-state index in [9.17, 15) is 13.2 Å². The summed E-state index contributed by atoms with van der Waals surface area (Å²) in [7, 11) is 0. The number of nitrogens with one attached hydrogen (secondary N) is 1. The predicted molar refractivity (Wildman–Crippen MR) is 73.5 cm³/mol. The minimum atomic E-state index is -4.30. The first kappa shape index (κ1) is 15.3. The van der Waals surface area contributed by atoms with Gasteiger partial charge < -0.3 is 11.1 Å². The Bertz CT molecular complexity index is 425. The molecule has 1 aromatic carbocycles. The van der Waals surface area contributed by atoms with Gasteiger partial charge in [-0.15, -0.1) is 0 Å². The Kier molecular flexibility index (Phi) is 5.05. The largest absolute Gasteiger partial charge is 0.416 e. The molecule has 1 aromatic rings. The third-order valence-corrected chi connectivity index (χ3v) is 3.98. The topological polar surface area (TPSA) is 38.0 Å². The number of alkyl halides is 3. The zero-order valence-electron chi connectivity index (χ0n) is 11.4. The molecule has 20 heavy (non-hydrogen) atoms. The van der Waals surface area contributed by atoms with E-state index in [0.29, 0.717) is 24.7 Å². The van der Waals surface area contributed by atoms with Gasteiger partial charge in [0.15, 0.2) is 0 Å². The highest BCUT2D eigenvalue weighted by atomic mass is 19.4. The Labute approximate surface area is 117 Å². The van der Waals surface area contributed by atoms with E-state index in [1.165, 1.54) is 25.0 Å². The standard InChI is InChI=1S/C15H21F3N2/c16-15(17,18)13-5-3-4-11(8-13)12(9-19)10-20-14-6-1-2-7-14/h3-5,8,12,14,20H,1-2,6-7,9-10,19H2. The highest BCUT2D eigenvalue weighted by molar-refractivity contribution is 5.28. The van der Waals surface area contributed by atoms with Crippen molar-refractivity contribution in [3.8, 4) is 0 Å². The van der Waals surface area contributed by atoms with E-state index in [1.807, 2.05) is 0 Å². The van der Waals surface area contributed by atoms with Gasteiger partial charge in [-0.3, -0.25) is 0 Å². The Hall–Kier alpha value is -1.07. The number of nitrogens with two attached hydrogens (primary N) is 1. The lowest BCUT2D eigenvalue weighted by Gasteiger charge is -2.20. The normalized spacial score (nSPS) is 18.4. The van der Waals surface area contributed by atoms with Crippen LogP contribution in [0.15, 0.2) is 24.3 Å². The molecule has 0 radical (unpaired) electrons. The second kappa shape index (κ2) is 6.59. The molecule has 0 spiro atoms. The van der Waals surface area contributed by atoms with Crippen LogP contribution in [0.4, 0.5) is 13.2 Å². The maximum Gasteiger partial charge on any atom is 0.416 e. The van der Waals surface area contributed by atoms with Crippen molar-refractivity contribution in [3.05, 3.63) is 35.4 Å². The molecule has 1 fully saturated rings. The molecule has 1 aliphatic carbocycles. The van der Waals surface area contributed by atoms with Crippen molar-refractivity contribution in [3.63, 3.8) is 0 Å². The fourth-order valence-electron chi connectivity index (χ4n) is 2.75. The first-order valence-corrected chi connectivity index (χ1v) is 7.11. The van der Waals surface area contributed by atoms with E-state index < -0.39 is 11.7 Å². The van der Waals surface area contributed by atoms with Gasteiger partial charge >= 0.3 is 6.18 Å². The molecule has 0 amide bonds. The summed E-state index contributed by atoms with van der Waals surface area (Å²) in [4.78, 5) is 0. The van der Waals surface area contributed by atoms with Crippen molar-refractivity contribution in [1.29, 1.82) is 0 Å². The molecule has 1 saturated carbocycles. The summed E-state index contributed by atoms with van der Waals surface area (Å²) in [5, 5.41) is 3.43. The molecule has 0 heterocycles. The Morgan fingerprint density at radius 3 is 2.55 bits per heavy atom. The lowest BCUT2D eigenvalue weighted by molar-refractivity contribution is -0.137. The summed E-state index contributed by atoms with van der Waals surface area (Å²) >= 11 is 0. The highest BCUT2D eigenvalue weighted by Crippen LogP contribution is 2.31. The number of hydrogen-bond donors (Lipinski definition) is 2. The quantitative estimate of drug-likeness (QED) is 0.871. The van der Waals surface area contributed by atoms with Gasteiger partial charge in [0, 0.05) is 25.0 Å². The second-order valence-corrected chi connectivity index (χ2v) is 5.45. The first-order chi connectivity index (χ1) is 9.50. The molecule has 112 valence electrons. The van der Waals surface area contributed by atoms with Crippen LogP contribution in [-0.4, -0.2) is 19.1 Å². The summed E-state index contributed by atoms with van der Waals surface area (Å²) in [6.45, 7) is 0.990. The van der Waals surface area contributed by atoms with E-state index in [4.69, 9.17) is 5.73 Å². The van der Waals surface area contributed by atoms with E-state index in [-0.39, 0.29) is 5.92 Å². The monoisotopic (exact) mass is 286 g/mol. The molecular formula is C15H21F3N2. The van der Waals surface area contributed by atoms with E-state index in [1.54, 1.807) is 6.07 Å². The molecule has 1 atom stereocenters. The van der Waals surface area contributed by atoms with Gasteiger partial charge in [-0.2, -0.15) is 13.2 Å². The van der Waals surface area contributed by atoms with Crippen LogP contribution in [0.3, 0.4) is 0 Å². The van der Waals surface area contributed by atoms with Crippen LogP contribution in [0.2, 0.25) is 0 Å². The van der Waals surface area contributed by atoms with Gasteiger partial charge in [-0.05, 0) is 24.5 Å². The first-order valence-electron chi connectivity index (χ1n) is 7.11. The maximum absolute atomic E-state index is 12.7. The average molecular weight is 286 g/mol. The van der Waals surface area contributed by atoms with Gasteiger partial charge in [0.1, 0.15) is 0 Å². The van der Waals surface area contributed by atoms with Gasteiger partial charge in [-0.1, -0.05) is 31.0 Å². The summed E-state index contributed by atoms with van der Waals surface area (Å²) in [5.41, 5.74) is 5.78. The van der Waals surface area contributed by atoms with Crippen LogP contribution in [0.5, 0.6) is 0 Å². The molecule has 1 unspecified atom stereocenters. The zero-order chi connectivity index (χ0) is 14.6. The van der Waals surface area contributed by atoms with Crippen LogP contribution >= 0.6 is 0 Å². The van der Waals surface area contributed by atoms with Gasteiger partial charge in [0.05, 0.1) is 5.56 Å². The fourth-order valence-corrected chi connectivity index (χ4v) is 2.75. The number of benzene rings is 1. The summed E-state index contributed by atoms with van der Waals surface area (Å²) < 4.78 is 38.2. The molecule has 2 rings (SSSR count). The van der Waals surface area contributed by atoms with Crippen LogP contribution in [0.25, 0.3) is 0 Å². The minimum absolute atomic E-state index is 0.0714. The Morgan fingerprint density at radius 1 is 1.25 bits per heavy atom. The van der Waals surface area contributed by atoms with Crippen LogP contribution < -0.4 is 11.1 Å².